The van der Waals surface area contributed by atoms with Gasteiger partial charge in [-0.3, -0.25) is 4.55 Å². The molecule has 132 valence electrons. The normalized spacial score (nSPS) is 32.9. The summed E-state index contributed by atoms with van der Waals surface area (Å²) < 4.78 is 27.6. The molecule has 0 unspecified atom stereocenters. The Morgan fingerprint density at radius 1 is 0.864 bits per heavy atom. The Hall–Kier alpha value is -0.170. The molecule has 0 radical (unpaired) electrons. The van der Waals surface area contributed by atoms with E-state index in [2.05, 4.69) is 0 Å². The van der Waals surface area contributed by atoms with E-state index in [1.54, 1.807) is 6.92 Å². The molecule has 2 fully saturated rings. The van der Waals surface area contributed by atoms with Crippen molar-refractivity contribution in [3.63, 3.8) is 0 Å². The molecular formula is C16H34N2O3S. The second-order valence-corrected chi connectivity index (χ2v) is 8.66. The van der Waals surface area contributed by atoms with Crippen LogP contribution in [-0.2, 0) is 10.1 Å². The van der Waals surface area contributed by atoms with Crippen LogP contribution in [0.1, 0.15) is 71.1 Å². The summed E-state index contributed by atoms with van der Waals surface area (Å²) in [5, 5.41) is 0. The highest BCUT2D eigenvalue weighted by Gasteiger charge is 2.24. The SMILES string of the molecule is CCCS(=O)(=O)O.NC1CCC(CC2CCC(N)CC2)CC1. The zero-order valence-electron chi connectivity index (χ0n) is 13.9. The molecule has 2 aliphatic rings. The quantitative estimate of drug-likeness (QED) is 0.685. The van der Waals surface area contributed by atoms with Gasteiger partial charge in [-0.05, 0) is 76.0 Å². The van der Waals surface area contributed by atoms with Gasteiger partial charge in [0.15, 0.2) is 0 Å². The molecule has 0 saturated heterocycles. The van der Waals surface area contributed by atoms with E-state index in [1.165, 1.54) is 57.8 Å². The lowest BCUT2D eigenvalue weighted by Gasteiger charge is -2.32. The summed E-state index contributed by atoms with van der Waals surface area (Å²) in [6.45, 7) is 1.69. The summed E-state index contributed by atoms with van der Waals surface area (Å²) in [6, 6.07) is 1.00. The predicted molar refractivity (Wildman–Crippen MR) is 91.2 cm³/mol. The van der Waals surface area contributed by atoms with Crippen molar-refractivity contribution in [2.75, 3.05) is 5.75 Å². The third kappa shape index (κ3) is 9.08. The van der Waals surface area contributed by atoms with Crippen molar-refractivity contribution in [3.05, 3.63) is 0 Å². The van der Waals surface area contributed by atoms with Crippen LogP contribution in [0.4, 0.5) is 0 Å². The van der Waals surface area contributed by atoms with Crippen LogP contribution in [-0.4, -0.2) is 30.8 Å². The van der Waals surface area contributed by atoms with Crippen LogP contribution in [0.3, 0.4) is 0 Å². The molecule has 0 aliphatic heterocycles. The fraction of sp³-hybridized carbons (Fsp3) is 1.00. The number of hydrogen-bond acceptors (Lipinski definition) is 4. The maximum atomic E-state index is 9.79. The fourth-order valence-corrected chi connectivity index (χ4v) is 4.09. The molecule has 2 aliphatic carbocycles. The Kier molecular flexibility index (Phi) is 8.90. The molecule has 0 atom stereocenters. The zero-order valence-corrected chi connectivity index (χ0v) is 14.7. The summed E-state index contributed by atoms with van der Waals surface area (Å²) in [6.07, 6.45) is 12.5. The standard InChI is InChI=1S/C13H26N2.C3H8O3S/c14-12-5-1-10(2-6-12)9-11-3-7-13(15)8-4-11;1-2-3-7(4,5)6/h10-13H,1-9,14-15H2;2-3H2,1H3,(H,4,5,6). The van der Waals surface area contributed by atoms with Crippen molar-refractivity contribution in [3.8, 4) is 0 Å². The third-order valence-corrected chi connectivity index (χ3v) is 5.84. The van der Waals surface area contributed by atoms with Gasteiger partial charge in [-0.2, -0.15) is 8.42 Å². The van der Waals surface area contributed by atoms with Gasteiger partial charge in [-0.25, -0.2) is 0 Å². The van der Waals surface area contributed by atoms with Gasteiger partial charge in [0.2, 0.25) is 0 Å². The van der Waals surface area contributed by atoms with Crippen molar-refractivity contribution in [1.82, 2.24) is 0 Å². The minimum atomic E-state index is -3.67. The summed E-state index contributed by atoms with van der Waals surface area (Å²) >= 11 is 0. The highest BCUT2D eigenvalue weighted by molar-refractivity contribution is 7.85. The molecule has 0 spiro atoms. The van der Waals surface area contributed by atoms with E-state index in [-0.39, 0.29) is 5.75 Å². The number of hydrogen-bond donors (Lipinski definition) is 3. The van der Waals surface area contributed by atoms with E-state index in [0.717, 1.165) is 11.8 Å². The van der Waals surface area contributed by atoms with E-state index in [1.807, 2.05) is 0 Å². The largest absolute Gasteiger partial charge is 0.328 e. The van der Waals surface area contributed by atoms with Gasteiger partial charge in [0.05, 0.1) is 5.75 Å². The third-order valence-electron chi connectivity index (χ3n) is 4.91. The first-order chi connectivity index (χ1) is 10.3. The van der Waals surface area contributed by atoms with E-state index in [4.69, 9.17) is 16.0 Å². The molecule has 5 N–H and O–H groups in total. The van der Waals surface area contributed by atoms with Crippen LogP contribution in [0.25, 0.3) is 0 Å². The van der Waals surface area contributed by atoms with E-state index < -0.39 is 10.1 Å². The molecule has 2 rings (SSSR count). The highest BCUT2D eigenvalue weighted by Crippen LogP contribution is 2.34. The molecule has 0 bridgehead atoms. The van der Waals surface area contributed by atoms with Gasteiger partial charge >= 0.3 is 0 Å². The average molecular weight is 335 g/mol. The first kappa shape index (κ1) is 19.9. The second kappa shape index (κ2) is 9.85. The first-order valence-corrected chi connectivity index (χ1v) is 10.4. The fourth-order valence-electron chi connectivity index (χ4n) is 3.58. The second-order valence-electron chi connectivity index (χ2n) is 7.08. The molecule has 5 nitrogen and oxygen atoms in total. The average Bonchev–Trinajstić information content (AvgIpc) is 2.43. The van der Waals surface area contributed by atoms with Crippen LogP contribution in [0.5, 0.6) is 0 Å². The Labute approximate surface area is 136 Å². The van der Waals surface area contributed by atoms with E-state index in [9.17, 15) is 8.42 Å². The number of nitrogens with two attached hydrogens (primary N) is 2. The number of rotatable bonds is 4. The molecule has 6 heteroatoms. The predicted octanol–water partition coefficient (Wildman–Crippen LogP) is 2.70. The lowest BCUT2D eigenvalue weighted by atomic mass is 9.76. The Morgan fingerprint density at radius 2 is 1.23 bits per heavy atom. The minimum Gasteiger partial charge on any atom is -0.328 e. The van der Waals surface area contributed by atoms with Gasteiger partial charge < -0.3 is 11.5 Å². The summed E-state index contributed by atoms with van der Waals surface area (Å²) in [7, 11) is -3.67. The Balaban J connectivity index is 0.000000295. The Bertz CT molecular complexity index is 364. The summed E-state index contributed by atoms with van der Waals surface area (Å²) in [5.74, 6) is 1.82. The minimum absolute atomic E-state index is 0.132. The molecule has 0 heterocycles. The molecule has 2 saturated carbocycles. The smallest absolute Gasteiger partial charge is 0.264 e. The monoisotopic (exact) mass is 334 g/mol. The topological polar surface area (TPSA) is 106 Å². The first-order valence-electron chi connectivity index (χ1n) is 8.76. The van der Waals surface area contributed by atoms with Crippen LogP contribution < -0.4 is 11.5 Å². The summed E-state index contributed by atoms with van der Waals surface area (Å²) in [5.41, 5.74) is 11.9. The molecule has 0 aromatic heterocycles. The zero-order chi connectivity index (χ0) is 16.6. The van der Waals surface area contributed by atoms with Crippen molar-refractivity contribution >= 4 is 10.1 Å². The van der Waals surface area contributed by atoms with Crippen LogP contribution in [0.15, 0.2) is 0 Å². The van der Waals surface area contributed by atoms with Crippen LogP contribution >= 0.6 is 0 Å². The molecular weight excluding hydrogens is 300 g/mol. The van der Waals surface area contributed by atoms with Crippen molar-refractivity contribution in [2.24, 2.45) is 23.3 Å². The van der Waals surface area contributed by atoms with Crippen molar-refractivity contribution in [1.29, 1.82) is 0 Å². The van der Waals surface area contributed by atoms with Crippen LogP contribution in [0.2, 0.25) is 0 Å². The van der Waals surface area contributed by atoms with Gasteiger partial charge in [-0.1, -0.05) is 6.92 Å². The molecule has 0 amide bonds. The van der Waals surface area contributed by atoms with E-state index >= 15 is 0 Å². The van der Waals surface area contributed by atoms with Crippen molar-refractivity contribution in [2.45, 2.75) is 83.2 Å². The lowest BCUT2D eigenvalue weighted by Crippen LogP contribution is -2.30. The maximum absolute atomic E-state index is 9.79. The molecule has 0 aromatic rings. The lowest BCUT2D eigenvalue weighted by molar-refractivity contribution is 0.225. The Morgan fingerprint density at radius 3 is 1.45 bits per heavy atom. The van der Waals surface area contributed by atoms with Gasteiger partial charge in [0, 0.05) is 12.1 Å². The maximum Gasteiger partial charge on any atom is 0.264 e. The van der Waals surface area contributed by atoms with Crippen LogP contribution in [0, 0.1) is 11.8 Å². The highest BCUT2D eigenvalue weighted by atomic mass is 32.2. The van der Waals surface area contributed by atoms with E-state index in [0.29, 0.717) is 18.5 Å². The van der Waals surface area contributed by atoms with Gasteiger partial charge in [-0.15, -0.1) is 0 Å². The summed E-state index contributed by atoms with van der Waals surface area (Å²) in [4.78, 5) is 0. The van der Waals surface area contributed by atoms with Gasteiger partial charge in [0.1, 0.15) is 0 Å². The van der Waals surface area contributed by atoms with Gasteiger partial charge in [0.25, 0.3) is 10.1 Å². The molecule has 0 aromatic carbocycles. The van der Waals surface area contributed by atoms with Crippen molar-refractivity contribution < 1.29 is 13.0 Å². The molecule has 22 heavy (non-hydrogen) atoms.